The summed E-state index contributed by atoms with van der Waals surface area (Å²) >= 11 is 0. The van der Waals surface area contributed by atoms with Gasteiger partial charge in [0.05, 0.1) is 44.6 Å². The molecule has 4 aromatic heterocycles. The minimum absolute atomic E-state index is 0.00619. The topological polar surface area (TPSA) is 262 Å². The van der Waals surface area contributed by atoms with Crippen molar-refractivity contribution in [1.82, 2.24) is 39.0 Å². The number of aromatic amines is 2. The van der Waals surface area contributed by atoms with Gasteiger partial charge in [-0.2, -0.15) is 0 Å². The first kappa shape index (κ1) is 26.8. The van der Waals surface area contributed by atoms with Crippen LogP contribution in [0.15, 0.2) is 34.9 Å². The van der Waals surface area contributed by atoms with E-state index in [-0.39, 0.29) is 28.7 Å². The lowest BCUT2D eigenvalue weighted by molar-refractivity contribution is -0.0615. The van der Waals surface area contributed by atoms with E-state index in [9.17, 15) is 34.4 Å². The number of hydrogen-bond acceptors (Lipinski definition) is 14. The van der Waals surface area contributed by atoms with E-state index >= 15 is 0 Å². The highest BCUT2D eigenvalue weighted by molar-refractivity contribution is 7.47. The van der Waals surface area contributed by atoms with Crippen molar-refractivity contribution >= 4 is 30.2 Å². The zero-order chi connectivity index (χ0) is 28.2. The molecule has 8 atom stereocenters. The molecule has 4 aromatic rings. The molecular formula is C20H23N8O11P. The standard InChI is InChI=1S/C20H23N8O11P/c29-2-8-1-9(19(37-8)27-6-25-11-15(27)21-4-23-17(11)32)39-40(34,35)36-3-10-13(30)14(31)20(38-10)28-7-26-12-16(28)22-5-24-18(12)33/h4-10,13-14,19-20,29-31H,1-3H2,(H,34,35)(H,21,23,32)(H,22,24,33)/t8-,9+,10+,13+,14+,19+,20+/m0/s1. The van der Waals surface area contributed by atoms with Crippen molar-refractivity contribution in [3.63, 3.8) is 0 Å². The number of H-pyrrole nitrogens is 2. The quantitative estimate of drug-likeness (QED) is 0.119. The number of phosphoric ester groups is 1. The highest BCUT2D eigenvalue weighted by Crippen LogP contribution is 2.50. The molecule has 20 heteroatoms. The van der Waals surface area contributed by atoms with Crippen molar-refractivity contribution in [2.24, 2.45) is 0 Å². The van der Waals surface area contributed by atoms with Gasteiger partial charge in [0, 0.05) is 6.42 Å². The van der Waals surface area contributed by atoms with Crippen LogP contribution in [-0.2, 0) is 23.1 Å². The first-order chi connectivity index (χ1) is 19.2. The van der Waals surface area contributed by atoms with E-state index in [1.807, 2.05) is 0 Å². The molecule has 2 aliphatic heterocycles. The summed E-state index contributed by atoms with van der Waals surface area (Å²) in [7, 11) is -4.85. The van der Waals surface area contributed by atoms with E-state index < -0.39 is 75.1 Å². The van der Waals surface area contributed by atoms with Gasteiger partial charge in [-0.25, -0.2) is 24.5 Å². The van der Waals surface area contributed by atoms with Crippen LogP contribution in [0.25, 0.3) is 22.3 Å². The fraction of sp³-hybridized carbons (Fsp3) is 0.500. The highest BCUT2D eigenvalue weighted by atomic mass is 31.2. The van der Waals surface area contributed by atoms with Crippen molar-refractivity contribution in [2.75, 3.05) is 13.2 Å². The van der Waals surface area contributed by atoms with Gasteiger partial charge in [0.25, 0.3) is 11.1 Å². The number of fused-ring (bicyclic) bond motifs is 2. The second kappa shape index (κ2) is 10.2. The summed E-state index contributed by atoms with van der Waals surface area (Å²) in [6, 6.07) is 0. The van der Waals surface area contributed by atoms with Crippen LogP contribution in [0.1, 0.15) is 18.9 Å². The Hall–Kier alpha value is -3.39. The van der Waals surface area contributed by atoms with E-state index in [1.165, 1.54) is 21.8 Å². The minimum atomic E-state index is -4.85. The maximum absolute atomic E-state index is 12.9. The third-order valence-electron chi connectivity index (χ3n) is 6.64. The lowest BCUT2D eigenvalue weighted by atomic mass is 10.1. The summed E-state index contributed by atoms with van der Waals surface area (Å²) in [5, 5.41) is 30.7. The maximum Gasteiger partial charge on any atom is 0.472 e. The van der Waals surface area contributed by atoms with Gasteiger partial charge in [-0.05, 0) is 0 Å². The molecule has 40 heavy (non-hydrogen) atoms. The zero-order valence-corrected chi connectivity index (χ0v) is 21.1. The number of aliphatic hydroxyl groups is 3. The van der Waals surface area contributed by atoms with Crippen LogP contribution in [0.4, 0.5) is 0 Å². The lowest BCUT2D eigenvalue weighted by Gasteiger charge is -2.23. The Labute approximate surface area is 221 Å². The molecule has 2 aliphatic rings. The zero-order valence-electron chi connectivity index (χ0n) is 20.2. The van der Waals surface area contributed by atoms with Crippen LogP contribution < -0.4 is 11.1 Å². The fourth-order valence-electron chi connectivity index (χ4n) is 4.74. The molecule has 19 nitrogen and oxygen atoms in total. The average Bonchev–Trinajstić information content (AvgIpc) is 3.69. The lowest BCUT2D eigenvalue weighted by Crippen LogP contribution is -2.33. The van der Waals surface area contributed by atoms with Crippen LogP contribution in [0.2, 0.25) is 0 Å². The molecule has 6 rings (SSSR count). The number of nitrogens with one attached hydrogen (secondary N) is 2. The second-order valence-electron chi connectivity index (χ2n) is 9.13. The maximum atomic E-state index is 12.9. The Bertz CT molecular complexity index is 1700. The summed E-state index contributed by atoms with van der Waals surface area (Å²) in [6.07, 6.45) is -3.83. The van der Waals surface area contributed by atoms with Gasteiger partial charge in [0.2, 0.25) is 0 Å². The first-order valence-electron chi connectivity index (χ1n) is 11.9. The number of aliphatic hydroxyl groups excluding tert-OH is 3. The van der Waals surface area contributed by atoms with Gasteiger partial charge in [-0.3, -0.25) is 27.8 Å². The summed E-state index contributed by atoms with van der Waals surface area (Å²) < 4.78 is 37.3. The molecule has 0 amide bonds. The third kappa shape index (κ3) is 4.66. The van der Waals surface area contributed by atoms with Gasteiger partial charge < -0.3 is 39.7 Å². The molecule has 0 spiro atoms. The van der Waals surface area contributed by atoms with Crippen molar-refractivity contribution in [1.29, 1.82) is 0 Å². The second-order valence-corrected chi connectivity index (χ2v) is 10.5. The van der Waals surface area contributed by atoms with Crippen LogP contribution >= 0.6 is 7.82 Å². The van der Waals surface area contributed by atoms with Crippen LogP contribution in [0.3, 0.4) is 0 Å². The van der Waals surface area contributed by atoms with Crippen LogP contribution in [0.5, 0.6) is 0 Å². The van der Waals surface area contributed by atoms with Crippen molar-refractivity contribution in [3.8, 4) is 0 Å². The SMILES string of the molecule is O=c1[nH]cnc2c1ncn2[C@@H]1O[C@H](COP(=O)(O)O[C@@H]2C[C@@H](CO)O[C@H]2n2cnc3c(=O)[nH]cnc32)[C@@H](O)[C@H]1O. The predicted octanol–water partition coefficient (Wildman–Crippen LogP) is -2.35. The van der Waals surface area contributed by atoms with Gasteiger partial charge in [0.15, 0.2) is 34.8 Å². The summed E-state index contributed by atoms with van der Waals surface area (Å²) in [5.74, 6) is 0. The molecule has 0 radical (unpaired) electrons. The Kier molecular flexibility index (Phi) is 6.85. The summed E-state index contributed by atoms with van der Waals surface area (Å²) in [5.41, 5.74) is -0.810. The number of rotatable bonds is 8. The summed E-state index contributed by atoms with van der Waals surface area (Å²) in [6.45, 7) is -1.09. The minimum Gasteiger partial charge on any atom is -0.394 e. The van der Waals surface area contributed by atoms with E-state index in [1.54, 1.807) is 0 Å². The monoisotopic (exact) mass is 582 g/mol. The first-order valence-corrected chi connectivity index (χ1v) is 13.4. The number of hydrogen-bond donors (Lipinski definition) is 6. The third-order valence-corrected chi connectivity index (χ3v) is 7.65. The molecule has 0 aliphatic carbocycles. The number of aromatic nitrogens is 8. The number of nitrogens with zero attached hydrogens (tertiary/aromatic N) is 6. The predicted molar refractivity (Wildman–Crippen MR) is 128 cm³/mol. The van der Waals surface area contributed by atoms with Crippen molar-refractivity contribution in [3.05, 3.63) is 46.0 Å². The van der Waals surface area contributed by atoms with Crippen LogP contribution in [0, 0.1) is 0 Å². The van der Waals surface area contributed by atoms with Gasteiger partial charge in [0.1, 0.15) is 24.4 Å². The van der Waals surface area contributed by atoms with E-state index in [2.05, 4.69) is 29.9 Å². The Morgan fingerprint density at radius 2 is 1.55 bits per heavy atom. The van der Waals surface area contributed by atoms with Crippen molar-refractivity contribution < 1.29 is 43.3 Å². The Morgan fingerprint density at radius 1 is 0.950 bits per heavy atom. The summed E-state index contributed by atoms with van der Waals surface area (Å²) in [4.78, 5) is 55.2. The fourth-order valence-corrected chi connectivity index (χ4v) is 5.67. The number of ether oxygens (including phenoxy) is 2. The van der Waals surface area contributed by atoms with Crippen LogP contribution in [-0.4, -0.2) is 103 Å². The highest BCUT2D eigenvalue weighted by Gasteiger charge is 2.47. The molecule has 1 unspecified atom stereocenters. The Balaban J connectivity index is 1.16. The number of imidazole rings is 2. The molecular weight excluding hydrogens is 559 g/mol. The molecule has 0 saturated carbocycles. The van der Waals surface area contributed by atoms with Gasteiger partial charge >= 0.3 is 7.82 Å². The molecule has 2 saturated heterocycles. The average molecular weight is 582 g/mol. The van der Waals surface area contributed by atoms with E-state index in [0.29, 0.717) is 0 Å². The largest absolute Gasteiger partial charge is 0.472 e. The van der Waals surface area contributed by atoms with Gasteiger partial charge in [-0.1, -0.05) is 0 Å². The van der Waals surface area contributed by atoms with E-state index in [0.717, 1.165) is 12.7 Å². The smallest absolute Gasteiger partial charge is 0.394 e. The molecule has 214 valence electrons. The molecule has 0 bridgehead atoms. The molecule has 6 heterocycles. The number of phosphoric acid groups is 1. The Morgan fingerprint density at radius 3 is 2.15 bits per heavy atom. The molecule has 6 N–H and O–H groups in total. The molecule has 2 fully saturated rings. The van der Waals surface area contributed by atoms with E-state index in [4.69, 9.17) is 18.5 Å². The molecule has 0 aromatic carbocycles. The van der Waals surface area contributed by atoms with Crippen molar-refractivity contribution in [2.45, 2.75) is 49.4 Å². The normalized spacial score (nSPS) is 30.4. The van der Waals surface area contributed by atoms with Gasteiger partial charge in [-0.15, -0.1) is 0 Å².